The molecule has 0 amide bonds. The van der Waals surface area contributed by atoms with Gasteiger partial charge in [-0.05, 0) is 14.0 Å². The fourth-order valence-electron chi connectivity index (χ4n) is 1.35. The van der Waals surface area contributed by atoms with E-state index in [4.69, 9.17) is 18.0 Å². The predicted octanol–water partition coefficient (Wildman–Crippen LogP) is 1.01. The van der Waals surface area contributed by atoms with Crippen LogP contribution >= 0.6 is 12.2 Å². The van der Waals surface area contributed by atoms with E-state index >= 15 is 0 Å². The third kappa shape index (κ3) is 4.40. The Kier molecular flexibility index (Phi) is 4.71. The van der Waals surface area contributed by atoms with Crippen molar-refractivity contribution in [3.05, 3.63) is 18.0 Å². The molecule has 0 bridgehead atoms. The lowest BCUT2D eigenvalue weighted by Gasteiger charge is -2.14. The topological polar surface area (TPSA) is 47.1 Å². The number of aromatic nitrogens is 2. The molecule has 1 aromatic rings. The Morgan fingerprint density at radius 3 is 2.93 bits per heavy atom. The molecule has 1 heterocycles. The van der Waals surface area contributed by atoms with Gasteiger partial charge in [-0.15, -0.1) is 0 Å². The Morgan fingerprint density at radius 2 is 2.40 bits per heavy atom. The highest BCUT2D eigenvalue weighted by atomic mass is 32.1. The molecule has 2 N–H and O–H groups in total. The number of hydrogen-bond acceptors (Lipinski definition) is 3. The summed E-state index contributed by atoms with van der Waals surface area (Å²) in [5.74, 6) is 0. The molecule has 5 heteroatoms. The quantitative estimate of drug-likeness (QED) is 0.735. The van der Waals surface area contributed by atoms with E-state index in [1.54, 1.807) is 0 Å². The van der Waals surface area contributed by atoms with E-state index in [1.165, 1.54) is 5.56 Å². The molecular weight excluding hydrogens is 208 g/mol. The van der Waals surface area contributed by atoms with Crippen LogP contribution in [0.3, 0.4) is 0 Å². The summed E-state index contributed by atoms with van der Waals surface area (Å²) in [6, 6.07) is 0. The normalized spacial score (nSPS) is 10.9. The number of hydrogen-bond donors (Lipinski definition) is 1. The third-order valence-corrected chi connectivity index (χ3v) is 2.41. The van der Waals surface area contributed by atoms with Crippen molar-refractivity contribution in [1.82, 2.24) is 14.7 Å². The molecule has 0 atom stereocenters. The van der Waals surface area contributed by atoms with Crippen molar-refractivity contribution in [3.8, 4) is 0 Å². The van der Waals surface area contributed by atoms with Gasteiger partial charge in [0, 0.05) is 37.8 Å². The highest BCUT2D eigenvalue weighted by Gasteiger charge is 2.03. The summed E-state index contributed by atoms with van der Waals surface area (Å²) in [6.45, 7) is 4.78. The second-order valence-electron chi connectivity index (χ2n) is 3.66. The second-order valence-corrected chi connectivity index (χ2v) is 4.18. The summed E-state index contributed by atoms with van der Waals surface area (Å²) < 4.78 is 1.93. The first-order valence-corrected chi connectivity index (χ1v) is 5.50. The Bertz CT molecular complexity index is 321. The lowest BCUT2D eigenvalue weighted by molar-refractivity contribution is 0.337. The van der Waals surface area contributed by atoms with Gasteiger partial charge in [-0.1, -0.05) is 12.2 Å². The summed E-state index contributed by atoms with van der Waals surface area (Å²) in [7, 11) is 2.06. The Balaban J connectivity index is 2.36. The van der Waals surface area contributed by atoms with Crippen LogP contribution in [0.15, 0.2) is 12.4 Å². The highest BCUT2D eigenvalue weighted by Crippen LogP contribution is 2.02. The zero-order valence-electron chi connectivity index (χ0n) is 9.31. The monoisotopic (exact) mass is 226 g/mol. The standard InChI is InChI=1S/C10H18N4S/c1-3-14-8-9(6-12-14)7-13(2)5-4-10(11)15/h6,8H,3-5,7H2,1-2H3,(H2,11,15). The summed E-state index contributed by atoms with van der Waals surface area (Å²) in [5.41, 5.74) is 6.67. The second kappa shape index (κ2) is 5.82. The number of nitrogens with zero attached hydrogens (tertiary/aromatic N) is 3. The fraction of sp³-hybridized carbons (Fsp3) is 0.600. The molecule has 0 saturated carbocycles. The minimum Gasteiger partial charge on any atom is -0.393 e. The van der Waals surface area contributed by atoms with E-state index < -0.39 is 0 Å². The van der Waals surface area contributed by atoms with Crippen molar-refractivity contribution in [3.63, 3.8) is 0 Å². The van der Waals surface area contributed by atoms with Gasteiger partial charge in [-0.2, -0.15) is 5.10 Å². The minimum atomic E-state index is 0.575. The zero-order chi connectivity index (χ0) is 11.3. The predicted molar refractivity (Wildman–Crippen MR) is 65.6 cm³/mol. The summed E-state index contributed by atoms with van der Waals surface area (Å²) >= 11 is 4.84. The van der Waals surface area contributed by atoms with Gasteiger partial charge >= 0.3 is 0 Å². The highest BCUT2D eigenvalue weighted by molar-refractivity contribution is 7.80. The Labute approximate surface area is 96.1 Å². The third-order valence-electron chi connectivity index (χ3n) is 2.20. The van der Waals surface area contributed by atoms with E-state index in [0.29, 0.717) is 4.99 Å². The summed E-state index contributed by atoms with van der Waals surface area (Å²) in [6.07, 6.45) is 4.74. The van der Waals surface area contributed by atoms with E-state index in [2.05, 4.69) is 30.2 Å². The van der Waals surface area contributed by atoms with Gasteiger partial charge in [-0.3, -0.25) is 4.68 Å². The summed E-state index contributed by atoms with van der Waals surface area (Å²) in [5, 5.41) is 4.22. The van der Waals surface area contributed by atoms with Crippen molar-refractivity contribution < 1.29 is 0 Å². The average molecular weight is 226 g/mol. The van der Waals surface area contributed by atoms with Crippen LogP contribution in [-0.4, -0.2) is 33.3 Å². The van der Waals surface area contributed by atoms with Crippen LogP contribution < -0.4 is 5.73 Å². The van der Waals surface area contributed by atoms with E-state index in [-0.39, 0.29) is 0 Å². The fourth-order valence-corrected chi connectivity index (χ4v) is 1.44. The van der Waals surface area contributed by atoms with Gasteiger partial charge in [0.25, 0.3) is 0 Å². The van der Waals surface area contributed by atoms with Gasteiger partial charge in [0.15, 0.2) is 0 Å². The van der Waals surface area contributed by atoms with E-state index in [1.807, 2.05) is 10.9 Å². The molecular formula is C10H18N4S. The Morgan fingerprint density at radius 1 is 1.67 bits per heavy atom. The lowest BCUT2D eigenvalue weighted by atomic mass is 10.3. The molecule has 0 unspecified atom stereocenters. The molecule has 0 aliphatic rings. The molecule has 1 aromatic heterocycles. The summed E-state index contributed by atoms with van der Waals surface area (Å²) in [4.78, 5) is 2.77. The maximum atomic E-state index is 5.45. The van der Waals surface area contributed by atoms with Gasteiger partial charge in [0.2, 0.25) is 0 Å². The molecule has 0 spiro atoms. The van der Waals surface area contributed by atoms with Crippen LogP contribution in [0.4, 0.5) is 0 Å². The van der Waals surface area contributed by atoms with Crippen LogP contribution in [0.2, 0.25) is 0 Å². The largest absolute Gasteiger partial charge is 0.393 e. The molecule has 0 aromatic carbocycles. The van der Waals surface area contributed by atoms with E-state index in [0.717, 1.165) is 26.1 Å². The molecule has 0 saturated heterocycles. The van der Waals surface area contributed by atoms with Crippen LogP contribution in [-0.2, 0) is 13.1 Å². The first-order valence-electron chi connectivity index (χ1n) is 5.10. The Hall–Kier alpha value is -0.940. The average Bonchev–Trinajstić information content (AvgIpc) is 2.62. The molecule has 84 valence electrons. The molecule has 0 fully saturated rings. The van der Waals surface area contributed by atoms with Crippen molar-refractivity contribution in [2.75, 3.05) is 13.6 Å². The van der Waals surface area contributed by atoms with Crippen molar-refractivity contribution in [2.45, 2.75) is 26.4 Å². The van der Waals surface area contributed by atoms with E-state index in [9.17, 15) is 0 Å². The number of thiocarbonyl (C=S) groups is 1. The molecule has 0 aliphatic carbocycles. The number of nitrogens with two attached hydrogens (primary N) is 1. The van der Waals surface area contributed by atoms with Crippen LogP contribution in [0.1, 0.15) is 18.9 Å². The van der Waals surface area contributed by atoms with Gasteiger partial charge < -0.3 is 10.6 Å². The van der Waals surface area contributed by atoms with Gasteiger partial charge in [-0.25, -0.2) is 0 Å². The maximum absolute atomic E-state index is 5.45. The van der Waals surface area contributed by atoms with Crippen molar-refractivity contribution >= 4 is 17.2 Å². The SMILES string of the molecule is CCn1cc(CN(C)CCC(N)=S)cn1. The minimum absolute atomic E-state index is 0.575. The van der Waals surface area contributed by atoms with Crippen LogP contribution in [0.25, 0.3) is 0 Å². The molecule has 1 rings (SSSR count). The van der Waals surface area contributed by atoms with Crippen molar-refractivity contribution in [1.29, 1.82) is 0 Å². The lowest BCUT2D eigenvalue weighted by Crippen LogP contribution is -2.23. The van der Waals surface area contributed by atoms with Crippen LogP contribution in [0, 0.1) is 0 Å². The molecule has 0 aliphatic heterocycles. The van der Waals surface area contributed by atoms with Gasteiger partial charge in [0.05, 0.1) is 11.2 Å². The molecule has 15 heavy (non-hydrogen) atoms. The maximum Gasteiger partial charge on any atom is 0.0740 e. The number of aryl methyl sites for hydroxylation is 1. The smallest absolute Gasteiger partial charge is 0.0740 e. The van der Waals surface area contributed by atoms with Crippen LogP contribution in [0.5, 0.6) is 0 Å². The van der Waals surface area contributed by atoms with Crippen molar-refractivity contribution in [2.24, 2.45) is 5.73 Å². The first-order chi connectivity index (χ1) is 7.11. The number of rotatable bonds is 6. The first kappa shape index (κ1) is 12.1. The zero-order valence-corrected chi connectivity index (χ0v) is 10.1. The molecule has 0 radical (unpaired) electrons. The molecule has 4 nitrogen and oxygen atoms in total. The van der Waals surface area contributed by atoms with Gasteiger partial charge in [0.1, 0.15) is 0 Å².